The van der Waals surface area contributed by atoms with Crippen molar-refractivity contribution in [1.29, 1.82) is 0 Å². The third kappa shape index (κ3) is 2.69. The summed E-state index contributed by atoms with van der Waals surface area (Å²) in [5, 5.41) is 12.1. The maximum atomic E-state index is 5.78. The minimum Gasteiger partial charge on any atom is -0.351 e. The van der Waals surface area contributed by atoms with Gasteiger partial charge in [-0.1, -0.05) is 11.6 Å². The molecule has 0 amide bonds. The first-order chi connectivity index (χ1) is 8.33. The molecule has 1 aliphatic heterocycles. The Labute approximate surface area is 106 Å². The lowest BCUT2D eigenvalue weighted by Gasteiger charge is -2.26. The summed E-state index contributed by atoms with van der Waals surface area (Å²) in [5.74, 6) is 0.964. The van der Waals surface area contributed by atoms with Crippen molar-refractivity contribution in [3.63, 3.8) is 0 Å². The van der Waals surface area contributed by atoms with Gasteiger partial charge in [-0.15, -0.1) is 10.2 Å². The third-order valence-electron chi connectivity index (χ3n) is 3.48. The SMILES string of the molecule is Clc1ccc(N(CC2CCCN2)C2CC2)nn1. The van der Waals surface area contributed by atoms with Crippen LogP contribution in [0.1, 0.15) is 25.7 Å². The summed E-state index contributed by atoms with van der Waals surface area (Å²) in [7, 11) is 0. The van der Waals surface area contributed by atoms with Crippen LogP contribution in [0.25, 0.3) is 0 Å². The smallest absolute Gasteiger partial charge is 0.151 e. The van der Waals surface area contributed by atoms with Crippen molar-refractivity contribution in [2.75, 3.05) is 18.0 Å². The maximum absolute atomic E-state index is 5.78. The molecule has 1 aliphatic carbocycles. The lowest BCUT2D eigenvalue weighted by molar-refractivity contribution is 0.574. The first-order valence-corrected chi connectivity index (χ1v) is 6.70. The van der Waals surface area contributed by atoms with Crippen molar-refractivity contribution in [1.82, 2.24) is 15.5 Å². The molecule has 17 heavy (non-hydrogen) atoms. The van der Waals surface area contributed by atoms with Crippen molar-refractivity contribution < 1.29 is 0 Å². The van der Waals surface area contributed by atoms with Gasteiger partial charge in [0.1, 0.15) is 0 Å². The van der Waals surface area contributed by atoms with E-state index in [1.807, 2.05) is 12.1 Å². The lowest BCUT2D eigenvalue weighted by Crippen LogP contribution is -2.39. The van der Waals surface area contributed by atoms with Crippen LogP contribution in [0.4, 0.5) is 5.82 Å². The van der Waals surface area contributed by atoms with Crippen LogP contribution in [0, 0.1) is 0 Å². The Hall–Kier alpha value is -0.870. The minimum atomic E-state index is 0.462. The summed E-state index contributed by atoms with van der Waals surface area (Å²) in [4.78, 5) is 2.38. The molecule has 5 heteroatoms. The van der Waals surface area contributed by atoms with Crippen LogP contribution >= 0.6 is 11.6 Å². The molecule has 3 rings (SSSR count). The number of hydrogen-bond donors (Lipinski definition) is 1. The lowest BCUT2D eigenvalue weighted by atomic mass is 10.2. The van der Waals surface area contributed by atoms with Gasteiger partial charge in [0.05, 0.1) is 0 Å². The molecule has 1 unspecified atom stereocenters. The first kappa shape index (κ1) is 11.2. The number of halogens is 1. The Morgan fingerprint density at radius 3 is 2.76 bits per heavy atom. The summed E-state index contributed by atoms with van der Waals surface area (Å²) in [6.45, 7) is 2.19. The van der Waals surface area contributed by atoms with Gasteiger partial charge in [0.2, 0.25) is 0 Å². The molecule has 92 valence electrons. The Bertz CT molecular complexity index is 371. The van der Waals surface area contributed by atoms with E-state index in [1.54, 1.807) is 0 Å². The predicted octanol–water partition coefficient (Wildman–Crippen LogP) is 1.85. The zero-order valence-corrected chi connectivity index (χ0v) is 10.5. The van der Waals surface area contributed by atoms with E-state index in [2.05, 4.69) is 20.4 Å². The highest BCUT2D eigenvalue weighted by Crippen LogP contribution is 2.31. The molecule has 2 heterocycles. The molecule has 1 aromatic heterocycles. The van der Waals surface area contributed by atoms with Crippen molar-refractivity contribution in [2.45, 2.75) is 37.8 Å². The van der Waals surface area contributed by atoms with Crippen molar-refractivity contribution in [3.8, 4) is 0 Å². The van der Waals surface area contributed by atoms with Crippen LogP contribution in [-0.4, -0.2) is 35.4 Å². The zero-order valence-electron chi connectivity index (χ0n) is 9.77. The van der Waals surface area contributed by atoms with E-state index >= 15 is 0 Å². The second-order valence-corrected chi connectivity index (χ2v) is 5.28. The van der Waals surface area contributed by atoms with E-state index in [-0.39, 0.29) is 0 Å². The molecule has 4 nitrogen and oxygen atoms in total. The highest BCUT2D eigenvalue weighted by atomic mass is 35.5. The second-order valence-electron chi connectivity index (χ2n) is 4.89. The molecule has 2 fully saturated rings. The fraction of sp³-hybridized carbons (Fsp3) is 0.667. The fourth-order valence-electron chi connectivity index (χ4n) is 2.43. The Morgan fingerprint density at radius 2 is 2.18 bits per heavy atom. The van der Waals surface area contributed by atoms with Gasteiger partial charge in [-0.3, -0.25) is 0 Å². The average molecular weight is 253 g/mol. The van der Waals surface area contributed by atoms with Crippen LogP contribution in [0.15, 0.2) is 12.1 Å². The van der Waals surface area contributed by atoms with Crippen molar-refractivity contribution in [2.24, 2.45) is 0 Å². The quantitative estimate of drug-likeness (QED) is 0.888. The molecule has 1 saturated heterocycles. The Morgan fingerprint density at radius 1 is 1.29 bits per heavy atom. The van der Waals surface area contributed by atoms with Gasteiger partial charge in [-0.25, -0.2) is 0 Å². The number of rotatable bonds is 4. The molecule has 0 bridgehead atoms. The van der Waals surface area contributed by atoms with E-state index in [4.69, 9.17) is 11.6 Å². The van der Waals surface area contributed by atoms with Gasteiger partial charge in [0.25, 0.3) is 0 Å². The second kappa shape index (κ2) is 4.78. The molecule has 1 saturated carbocycles. The summed E-state index contributed by atoms with van der Waals surface area (Å²) < 4.78 is 0. The summed E-state index contributed by atoms with van der Waals surface area (Å²) in [5.41, 5.74) is 0. The van der Waals surface area contributed by atoms with Crippen LogP contribution < -0.4 is 10.2 Å². The topological polar surface area (TPSA) is 41.0 Å². The Kier molecular flexibility index (Phi) is 3.16. The normalized spacial score (nSPS) is 23.9. The summed E-state index contributed by atoms with van der Waals surface area (Å²) >= 11 is 5.78. The van der Waals surface area contributed by atoms with Crippen LogP contribution in [0.2, 0.25) is 5.15 Å². The monoisotopic (exact) mass is 252 g/mol. The van der Waals surface area contributed by atoms with E-state index in [9.17, 15) is 0 Å². The number of aromatic nitrogens is 2. The molecule has 0 radical (unpaired) electrons. The first-order valence-electron chi connectivity index (χ1n) is 6.32. The van der Waals surface area contributed by atoms with E-state index < -0.39 is 0 Å². The van der Waals surface area contributed by atoms with Gasteiger partial charge in [0, 0.05) is 18.6 Å². The molecular weight excluding hydrogens is 236 g/mol. The summed E-state index contributed by atoms with van der Waals surface area (Å²) in [6, 6.07) is 5.06. The van der Waals surface area contributed by atoms with Gasteiger partial charge < -0.3 is 10.2 Å². The van der Waals surface area contributed by atoms with Gasteiger partial charge in [-0.05, 0) is 44.4 Å². The highest BCUT2D eigenvalue weighted by Gasteiger charge is 2.32. The molecule has 1 aromatic rings. The highest BCUT2D eigenvalue weighted by molar-refractivity contribution is 6.29. The molecule has 0 aromatic carbocycles. The van der Waals surface area contributed by atoms with Crippen LogP contribution in [0.3, 0.4) is 0 Å². The number of nitrogens with zero attached hydrogens (tertiary/aromatic N) is 3. The predicted molar refractivity (Wildman–Crippen MR) is 68.4 cm³/mol. The Balaban J connectivity index is 1.72. The van der Waals surface area contributed by atoms with E-state index in [1.165, 1.54) is 25.7 Å². The van der Waals surface area contributed by atoms with Crippen molar-refractivity contribution >= 4 is 17.4 Å². The summed E-state index contributed by atoms with van der Waals surface area (Å²) in [6.07, 6.45) is 5.10. The average Bonchev–Trinajstić information content (AvgIpc) is 3.05. The molecule has 2 aliphatic rings. The minimum absolute atomic E-state index is 0.462. The van der Waals surface area contributed by atoms with Crippen LogP contribution in [0.5, 0.6) is 0 Å². The number of nitrogens with one attached hydrogen (secondary N) is 1. The van der Waals surface area contributed by atoms with Crippen LogP contribution in [-0.2, 0) is 0 Å². The molecule has 1 atom stereocenters. The third-order valence-corrected chi connectivity index (χ3v) is 3.68. The standard InChI is InChI=1S/C12H17ClN4/c13-11-5-6-12(16-15-11)17(10-3-4-10)8-9-2-1-7-14-9/h5-6,9-10,14H,1-4,7-8H2. The van der Waals surface area contributed by atoms with Gasteiger partial charge in [-0.2, -0.15) is 0 Å². The molecule has 1 N–H and O–H groups in total. The van der Waals surface area contributed by atoms with Gasteiger partial charge >= 0.3 is 0 Å². The number of hydrogen-bond acceptors (Lipinski definition) is 4. The van der Waals surface area contributed by atoms with Crippen molar-refractivity contribution in [3.05, 3.63) is 17.3 Å². The molecule has 0 spiro atoms. The van der Waals surface area contributed by atoms with E-state index in [0.717, 1.165) is 18.9 Å². The maximum Gasteiger partial charge on any atom is 0.151 e. The number of anilines is 1. The fourth-order valence-corrected chi connectivity index (χ4v) is 2.53. The van der Waals surface area contributed by atoms with Gasteiger partial charge in [0.15, 0.2) is 11.0 Å². The van der Waals surface area contributed by atoms with E-state index in [0.29, 0.717) is 17.2 Å². The zero-order chi connectivity index (χ0) is 11.7. The molecular formula is C12H17ClN4. The largest absolute Gasteiger partial charge is 0.351 e.